The van der Waals surface area contributed by atoms with Gasteiger partial charge in [0.05, 0.1) is 18.4 Å². The van der Waals surface area contributed by atoms with Crippen LogP contribution in [-0.4, -0.2) is 73.5 Å². The van der Waals surface area contributed by atoms with Crippen LogP contribution < -0.4 is 5.32 Å². The average Bonchev–Trinajstić information content (AvgIpc) is 3.33. The van der Waals surface area contributed by atoms with E-state index in [1.165, 1.54) is 11.1 Å². The normalized spacial score (nSPS) is 19.0. The zero-order valence-corrected chi connectivity index (χ0v) is 18.3. The van der Waals surface area contributed by atoms with Crippen molar-refractivity contribution in [2.75, 3.05) is 46.4 Å². The van der Waals surface area contributed by atoms with Gasteiger partial charge in [0.25, 0.3) is 0 Å². The lowest BCUT2D eigenvalue weighted by molar-refractivity contribution is -0.0390. The minimum atomic E-state index is 0.317. The van der Waals surface area contributed by atoms with Gasteiger partial charge in [-0.25, -0.2) is 0 Å². The van der Waals surface area contributed by atoms with E-state index < -0.39 is 0 Å². The fourth-order valence-corrected chi connectivity index (χ4v) is 4.07. The lowest BCUT2D eigenvalue weighted by atomic mass is 10.1. The van der Waals surface area contributed by atoms with Crippen LogP contribution >= 0.6 is 0 Å². The van der Waals surface area contributed by atoms with Crippen LogP contribution in [0.3, 0.4) is 0 Å². The first kappa shape index (κ1) is 21.8. The minimum absolute atomic E-state index is 0.317. The zero-order valence-electron chi connectivity index (χ0n) is 18.3. The number of ether oxygens (including phenoxy) is 2. The van der Waals surface area contributed by atoms with Crippen LogP contribution in [-0.2, 0) is 29.2 Å². The molecule has 31 heavy (non-hydrogen) atoms. The number of guanidine groups is 1. The summed E-state index contributed by atoms with van der Waals surface area (Å²) in [6, 6.07) is 10.5. The first-order valence-corrected chi connectivity index (χ1v) is 11.1. The molecule has 2 aromatic rings. The Morgan fingerprint density at radius 3 is 2.71 bits per heavy atom. The molecular formula is C23H33N5O3. The number of rotatable bonds is 7. The molecule has 0 spiro atoms. The van der Waals surface area contributed by atoms with Crippen LogP contribution in [0.2, 0.25) is 0 Å². The van der Waals surface area contributed by atoms with Crippen LogP contribution in [0.5, 0.6) is 0 Å². The van der Waals surface area contributed by atoms with Crippen molar-refractivity contribution in [3.8, 4) is 0 Å². The third kappa shape index (κ3) is 6.53. The third-order valence-electron chi connectivity index (χ3n) is 5.86. The Bertz CT molecular complexity index is 812. The van der Waals surface area contributed by atoms with Gasteiger partial charge in [0, 0.05) is 65.6 Å². The van der Waals surface area contributed by atoms with Crippen molar-refractivity contribution in [3.63, 3.8) is 0 Å². The van der Waals surface area contributed by atoms with Gasteiger partial charge in [-0.3, -0.25) is 9.89 Å². The van der Waals surface area contributed by atoms with Gasteiger partial charge in [-0.15, -0.1) is 0 Å². The summed E-state index contributed by atoms with van der Waals surface area (Å²) in [5.74, 6) is 0.949. The molecule has 3 heterocycles. The number of nitrogens with zero attached hydrogens (tertiary/aromatic N) is 4. The van der Waals surface area contributed by atoms with Crippen LogP contribution in [0.25, 0.3) is 0 Å². The van der Waals surface area contributed by atoms with Crippen LogP contribution in [0, 0.1) is 0 Å². The molecule has 0 unspecified atom stereocenters. The molecule has 0 saturated carbocycles. The third-order valence-corrected chi connectivity index (χ3v) is 5.86. The van der Waals surface area contributed by atoms with E-state index in [2.05, 4.69) is 49.5 Å². The maximum atomic E-state index is 6.07. The van der Waals surface area contributed by atoms with Crippen molar-refractivity contribution in [1.82, 2.24) is 20.3 Å². The van der Waals surface area contributed by atoms with E-state index in [1.54, 1.807) is 6.26 Å². The molecule has 1 aromatic carbocycles. The Balaban J connectivity index is 1.22. The van der Waals surface area contributed by atoms with Crippen LogP contribution in [0.1, 0.15) is 29.7 Å². The molecular weight excluding hydrogens is 394 g/mol. The monoisotopic (exact) mass is 427 g/mol. The van der Waals surface area contributed by atoms with Gasteiger partial charge in [0.2, 0.25) is 0 Å². The molecule has 1 aromatic heterocycles. The highest BCUT2D eigenvalue weighted by molar-refractivity contribution is 5.80. The summed E-state index contributed by atoms with van der Waals surface area (Å²) in [6.45, 7) is 7.69. The van der Waals surface area contributed by atoms with E-state index in [-0.39, 0.29) is 0 Å². The van der Waals surface area contributed by atoms with Gasteiger partial charge in [-0.05, 0) is 24.0 Å². The van der Waals surface area contributed by atoms with E-state index in [0.717, 1.165) is 77.0 Å². The molecule has 2 aliphatic rings. The molecule has 2 saturated heterocycles. The SMILES string of the molecule is CN=C(NCc1cccc(COC2CCOCC2)c1)N1CCN(Cc2ccon2)CC1. The average molecular weight is 428 g/mol. The predicted molar refractivity (Wildman–Crippen MR) is 119 cm³/mol. The number of benzene rings is 1. The first-order valence-electron chi connectivity index (χ1n) is 11.1. The lowest BCUT2D eigenvalue weighted by Gasteiger charge is -2.36. The molecule has 0 radical (unpaired) electrons. The Labute approximate surface area is 184 Å². The quantitative estimate of drug-likeness (QED) is 0.537. The number of nitrogens with one attached hydrogen (secondary N) is 1. The van der Waals surface area contributed by atoms with Crippen LogP contribution in [0.4, 0.5) is 0 Å². The smallest absolute Gasteiger partial charge is 0.194 e. The second kappa shape index (κ2) is 11.3. The maximum Gasteiger partial charge on any atom is 0.194 e. The van der Waals surface area contributed by atoms with E-state index in [1.807, 2.05) is 13.1 Å². The Kier molecular flexibility index (Phi) is 7.93. The van der Waals surface area contributed by atoms with Crippen molar-refractivity contribution < 1.29 is 14.0 Å². The van der Waals surface area contributed by atoms with E-state index in [4.69, 9.17) is 14.0 Å². The topological polar surface area (TPSA) is 75.4 Å². The van der Waals surface area contributed by atoms with Crippen molar-refractivity contribution in [1.29, 1.82) is 0 Å². The van der Waals surface area contributed by atoms with E-state index in [9.17, 15) is 0 Å². The number of hydrogen-bond donors (Lipinski definition) is 1. The lowest BCUT2D eigenvalue weighted by Crippen LogP contribution is -2.52. The molecule has 0 atom stereocenters. The van der Waals surface area contributed by atoms with Gasteiger partial charge in [-0.1, -0.05) is 29.4 Å². The van der Waals surface area contributed by atoms with Crippen LogP contribution in [0.15, 0.2) is 46.1 Å². The van der Waals surface area contributed by atoms with Gasteiger partial charge < -0.3 is 24.2 Å². The Morgan fingerprint density at radius 1 is 1.16 bits per heavy atom. The van der Waals surface area contributed by atoms with Crippen molar-refractivity contribution in [2.24, 2.45) is 4.99 Å². The van der Waals surface area contributed by atoms with Crippen molar-refractivity contribution in [2.45, 2.75) is 38.6 Å². The summed E-state index contributed by atoms with van der Waals surface area (Å²) in [5, 5.41) is 7.53. The predicted octanol–water partition coefficient (Wildman–Crippen LogP) is 2.26. The highest BCUT2D eigenvalue weighted by Gasteiger charge is 2.20. The number of piperazine rings is 1. The fourth-order valence-electron chi connectivity index (χ4n) is 4.07. The molecule has 1 N–H and O–H groups in total. The highest BCUT2D eigenvalue weighted by atomic mass is 16.5. The number of hydrogen-bond acceptors (Lipinski definition) is 6. The zero-order chi connectivity index (χ0) is 21.3. The number of aromatic nitrogens is 1. The summed E-state index contributed by atoms with van der Waals surface area (Å²) in [7, 11) is 1.85. The Hall–Kier alpha value is -2.42. The largest absolute Gasteiger partial charge is 0.381 e. The molecule has 0 aliphatic carbocycles. The summed E-state index contributed by atoms with van der Waals surface area (Å²) in [4.78, 5) is 9.21. The van der Waals surface area contributed by atoms with Gasteiger partial charge in [0.1, 0.15) is 6.26 Å². The highest BCUT2D eigenvalue weighted by Crippen LogP contribution is 2.14. The summed E-state index contributed by atoms with van der Waals surface area (Å²) < 4.78 is 16.4. The molecule has 2 fully saturated rings. The van der Waals surface area contributed by atoms with Gasteiger partial charge in [-0.2, -0.15) is 0 Å². The van der Waals surface area contributed by atoms with Crippen molar-refractivity contribution in [3.05, 3.63) is 53.4 Å². The molecule has 2 aliphatic heterocycles. The fraction of sp³-hybridized carbons (Fsp3) is 0.565. The summed E-state index contributed by atoms with van der Waals surface area (Å²) >= 11 is 0. The summed E-state index contributed by atoms with van der Waals surface area (Å²) in [6.07, 6.45) is 3.92. The maximum absolute atomic E-state index is 6.07. The Morgan fingerprint density at radius 2 is 1.97 bits per heavy atom. The van der Waals surface area contributed by atoms with Crippen molar-refractivity contribution >= 4 is 5.96 Å². The first-order chi connectivity index (χ1) is 15.3. The molecule has 8 nitrogen and oxygen atoms in total. The number of aliphatic imine (C=N–C) groups is 1. The molecule has 8 heteroatoms. The van der Waals surface area contributed by atoms with E-state index in [0.29, 0.717) is 12.7 Å². The molecule has 168 valence electrons. The van der Waals surface area contributed by atoms with Gasteiger partial charge in [0.15, 0.2) is 5.96 Å². The molecule has 0 bridgehead atoms. The standard InChI is InChI=1S/C23H33N5O3/c1-24-23(28-10-8-27(9-11-28)17-21-5-14-31-26-21)25-16-19-3-2-4-20(15-19)18-30-22-6-12-29-13-7-22/h2-5,14-15,22H,6-13,16-18H2,1H3,(H,24,25). The molecule has 0 amide bonds. The second-order valence-electron chi connectivity index (χ2n) is 8.10. The summed E-state index contributed by atoms with van der Waals surface area (Å²) in [5.41, 5.74) is 3.43. The second-order valence-corrected chi connectivity index (χ2v) is 8.10. The van der Waals surface area contributed by atoms with E-state index >= 15 is 0 Å². The van der Waals surface area contributed by atoms with Gasteiger partial charge >= 0.3 is 0 Å². The molecule has 4 rings (SSSR count). The minimum Gasteiger partial charge on any atom is -0.381 e.